The van der Waals surface area contributed by atoms with E-state index in [0.29, 0.717) is 0 Å². The first-order valence-corrected chi connectivity index (χ1v) is 7.88. The Morgan fingerprint density at radius 3 is 2.50 bits per heavy atom. The number of rotatable bonds is 1. The molecule has 0 fully saturated rings. The maximum Gasteiger partial charge on any atom is 0.119 e. The highest BCUT2D eigenvalue weighted by molar-refractivity contribution is 6.04. The summed E-state index contributed by atoms with van der Waals surface area (Å²) in [5.41, 5.74) is 4.73. The lowest BCUT2D eigenvalue weighted by atomic mass is 10.1. The molecular weight excluding hydrogens is 296 g/mol. The molecular formula is C20H14N4. The molecule has 0 atom stereocenters. The standard InChI is InChI=1S/C20H14N4/c1-24-17-7-3-2-6-15(17)20(23-24)16-11-10-14-9-8-13-5-4-12-21-18(13)19(14)22-16/h2-12H,1H3. The van der Waals surface area contributed by atoms with Crippen LogP contribution in [0.15, 0.2) is 66.9 Å². The van der Waals surface area contributed by atoms with Crippen molar-refractivity contribution < 1.29 is 0 Å². The molecule has 24 heavy (non-hydrogen) atoms. The minimum Gasteiger partial charge on any atom is -0.267 e. The molecule has 4 nitrogen and oxygen atoms in total. The predicted molar refractivity (Wildman–Crippen MR) is 96.8 cm³/mol. The van der Waals surface area contributed by atoms with Crippen molar-refractivity contribution in [2.24, 2.45) is 7.05 Å². The zero-order chi connectivity index (χ0) is 16.1. The molecule has 0 spiro atoms. The largest absolute Gasteiger partial charge is 0.267 e. The molecule has 114 valence electrons. The summed E-state index contributed by atoms with van der Waals surface area (Å²) in [4.78, 5) is 9.42. The quantitative estimate of drug-likeness (QED) is 0.433. The van der Waals surface area contributed by atoms with Gasteiger partial charge in [0.2, 0.25) is 0 Å². The summed E-state index contributed by atoms with van der Waals surface area (Å²) in [5, 5.41) is 7.98. The Morgan fingerprint density at radius 2 is 1.58 bits per heavy atom. The molecule has 0 aliphatic heterocycles. The van der Waals surface area contributed by atoms with Gasteiger partial charge in [-0.05, 0) is 18.2 Å². The van der Waals surface area contributed by atoms with E-state index in [1.807, 2.05) is 42.2 Å². The summed E-state index contributed by atoms with van der Waals surface area (Å²) in [5.74, 6) is 0. The summed E-state index contributed by atoms with van der Waals surface area (Å²) in [6.07, 6.45) is 1.81. The lowest BCUT2D eigenvalue weighted by Gasteiger charge is -2.04. The monoisotopic (exact) mass is 310 g/mol. The fraction of sp³-hybridized carbons (Fsp3) is 0.0500. The van der Waals surface area contributed by atoms with Crippen LogP contribution < -0.4 is 0 Å². The molecule has 5 aromatic rings. The SMILES string of the molecule is Cn1nc(-c2ccc3ccc4cccnc4c3n2)c2ccccc21. The van der Waals surface area contributed by atoms with Crippen molar-refractivity contribution >= 4 is 32.7 Å². The highest BCUT2D eigenvalue weighted by Gasteiger charge is 2.12. The summed E-state index contributed by atoms with van der Waals surface area (Å²) >= 11 is 0. The number of para-hydroxylation sites is 1. The Morgan fingerprint density at radius 1 is 0.792 bits per heavy atom. The second-order valence-electron chi connectivity index (χ2n) is 5.90. The third-order valence-corrected chi connectivity index (χ3v) is 4.43. The molecule has 0 bridgehead atoms. The summed E-state index contributed by atoms with van der Waals surface area (Å²) in [6, 6.07) is 20.5. The Kier molecular flexibility index (Phi) is 2.67. The zero-order valence-corrected chi connectivity index (χ0v) is 13.1. The molecule has 2 aromatic carbocycles. The highest BCUT2D eigenvalue weighted by Crippen LogP contribution is 2.29. The molecule has 0 amide bonds. The van der Waals surface area contributed by atoms with Gasteiger partial charge in [-0.3, -0.25) is 9.67 Å². The van der Waals surface area contributed by atoms with E-state index in [2.05, 4.69) is 46.5 Å². The van der Waals surface area contributed by atoms with E-state index in [9.17, 15) is 0 Å². The van der Waals surface area contributed by atoms with E-state index in [-0.39, 0.29) is 0 Å². The number of hydrogen-bond donors (Lipinski definition) is 0. The minimum absolute atomic E-state index is 0.873. The van der Waals surface area contributed by atoms with Gasteiger partial charge in [0.1, 0.15) is 5.69 Å². The molecule has 3 heterocycles. The van der Waals surface area contributed by atoms with Gasteiger partial charge in [-0.15, -0.1) is 0 Å². The first kappa shape index (κ1) is 13.2. The van der Waals surface area contributed by atoms with E-state index in [4.69, 9.17) is 4.98 Å². The second kappa shape index (κ2) is 4.86. The van der Waals surface area contributed by atoms with Crippen LogP contribution >= 0.6 is 0 Å². The maximum absolute atomic E-state index is 4.90. The van der Waals surface area contributed by atoms with Gasteiger partial charge in [-0.1, -0.05) is 42.5 Å². The van der Waals surface area contributed by atoms with E-state index >= 15 is 0 Å². The molecule has 4 heteroatoms. The molecule has 0 N–H and O–H groups in total. The van der Waals surface area contributed by atoms with Crippen molar-refractivity contribution in [3.05, 3.63) is 66.9 Å². The molecule has 0 radical (unpaired) electrons. The van der Waals surface area contributed by atoms with Gasteiger partial charge in [0, 0.05) is 29.4 Å². The predicted octanol–water partition coefficient (Wildman–Crippen LogP) is 4.34. The van der Waals surface area contributed by atoms with Crippen LogP contribution in [-0.2, 0) is 7.05 Å². The van der Waals surface area contributed by atoms with Crippen LogP contribution in [-0.4, -0.2) is 19.7 Å². The number of nitrogens with zero attached hydrogens (tertiary/aromatic N) is 4. The minimum atomic E-state index is 0.873. The van der Waals surface area contributed by atoms with Gasteiger partial charge >= 0.3 is 0 Å². The van der Waals surface area contributed by atoms with Gasteiger partial charge < -0.3 is 0 Å². The maximum atomic E-state index is 4.90. The van der Waals surface area contributed by atoms with E-state index in [1.54, 1.807) is 0 Å². The number of aromatic nitrogens is 4. The number of benzene rings is 2. The highest BCUT2D eigenvalue weighted by atomic mass is 15.3. The Bertz CT molecular complexity index is 1220. The van der Waals surface area contributed by atoms with Gasteiger partial charge in [-0.25, -0.2) is 4.98 Å². The summed E-state index contributed by atoms with van der Waals surface area (Å²) in [7, 11) is 1.96. The van der Waals surface area contributed by atoms with Gasteiger partial charge in [-0.2, -0.15) is 5.10 Å². The van der Waals surface area contributed by atoms with Crippen LogP contribution in [0.2, 0.25) is 0 Å². The summed E-state index contributed by atoms with van der Waals surface area (Å²) < 4.78 is 1.90. The molecule has 0 saturated heterocycles. The smallest absolute Gasteiger partial charge is 0.119 e. The molecule has 0 aliphatic carbocycles. The number of pyridine rings is 2. The zero-order valence-electron chi connectivity index (χ0n) is 13.1. The van der Waals surface area contributed by atoms with Crippen molar-refractivity contribution in [1.29, 1.82) is 0 Å². The Hall–Kier alpha value is -3.27. The fourth-order valence-electron chi connectivity index (χ4n) is 3.26. The summed E-state index contributed by atoms with van der Waals surface area (Å²) in [6.45, 7) is 0. The Labute approximate surface area is 138 Å². The van der Waals surface area contributed by atoms with Crippen LogP contribution in [0.25, 0.3) is 44.1 Å². The Balaban J connectivity index is 1.85. The van der Waals surface area contributed by atoms with E-state index < -0.39 is 0 Å². The second-order valence-corrected chi connectivity index (χ2v) is 5.90. The normalized spacial score (nSPS) is 11.5. The molecule has 0 aliphatic rings. The van der Waals surface area contributed by atoms with Crippen molar-refractivity contribution in [2.75, 3.05) is 0 Å². The molecule has 3 aromatic heterocycles. The van der Waals surface area contributed by atoms with Crippen LogP contribution in [0.1, 0.15) is 0 Å². The average Bonchev–Trinajstić information content (AvgIpc) is 2.98. The van der Waals surface area contributed by atoms with Gasteiger partial charge in [0.05, 0.1) is 22.2 Å². The van der Waals surface area contributed by atoms with E-state index in [0.717, 1.165) is 44.1 Å². The third-order valence-electron chi connectivity index (χ3n) is 4.43. The lowest BCUT2D eigenvalue weighted by molar-refractivity contribution is 0.799. The lowest BCUT2D eigenvalue weighted by Crippen LogP contribution is -1.92. The molecule has 0 saturated carbocycles. The van der Waals surface area contributed by atoms with Crippen molar-refractivity contribution in [3.63, 3.8) is 0 Å². The first-order valence-electron chi connectivity index (χ1n) is 7.88. The van der Waals surface area contributed by atoms with Crippen LogP contribution in [0.5, 0.6) is 0 Å². The van der Waals surface area contributed by atoms with Crippen LogP contribution in [0.4, 0.5) is 0 Å². The number of fused-ring (bicyclic) bond motifs is 4. The topological polar surface area (TPSA) is 43.6 Å². The van der Waals surface area contributed by atoms with Crippen molar-refractivity contribution in [1.82, 2.24) is 19.7 Å². The fourth-order valence-corrected chi connectivity index (χ4v) is 3.26. The third kappa shape index (κ3) is 1.83. The van der Waals surface area contributed by atoms with Crippen LogP contribution in [0.3, 0.4) is 0 Å². The number of hydrogen-bond acceptors (Lipinski definition) is 3. The molecule has 0 unspecified atom stereocenters. The van der Waals surface area contributed by atoms with Crippen molar-refractivity contribution in [3.8, 4) is 11.4 Å². The van der Waals surface area contributed by atoms with E-state index in [1.165, 1.54) is 0 Å². The van der Waals surface area contributed by atoms with Crippen molar-refractivity contribution in [2.45, 2.75) is 0 Å². The average molecular weight is 310 g/mol. The number of aryl methyl sites for hydroxylation is 1. The van der Waals surface area contributed by atoms with Gasteiger partial charge in [0.15, 0.2) is 0 Å². The molecule has 5 rings (SSSR count). The van der Waals surface area contributed by atoms with Crippen LogP contribution in [0, 0.1) is 0 Å². The van der Waals surface area contributed by atoms with Gasteiger partial charge in [0.25, 0.3) is 0 Å². The first-order chi connectivity index (χ1) is 11.8.